The summed E-state index contributed by atoms with van der Waals surface area (Å²) >= 11 is 0. The number of piperidine rings is 2. The highest BCUT2D eigenvalue weighted by atomic mass is 19.1. The minimum atomic E-state index is -0.526. The summed E-state index contributed by atoms with van der Waals surface area (Å²) in [6, 6.07) is 6.95. The Morgan fingerprint density at radius 3 is 1.42 bits per heavy atom. The third-order valence-corrected chi connectivity index (χ3v) is 14.6. The molecule has 0 spiro atoms. The third-order valence-electron chi connectivity index (χ3n) is 14.6. The van der Waals surface area contributed by atoms with Crippen molar-refractivity contribution >= 4 is 35.4 Å². The minimum Gasteiger partial charge on any atom is -0.329 e. The van der Waals surface area contributed by atoms with Crippen molar-refractivity contribution in [3.63, 3.8) is 0 Å². The van der Waals surface area contributed by atoms with Crippen molar-refractivity contribution in [2.24, 2.45) is 0 Å². The number of nitrogens with zero attached hydrogens (tertiary/aromatic N) is 3. The van der Waals surface area contributed by atoms with Crippen LogP contribution in [0.15, 0.2) is 73.2 Å². The molecule has 3 aromatic carbocycles. The van der Waals surface area contributed by atoms with Crippen LogP contribution in [0, 0.1) is 17.5 Å². The molecular formula is C54H63F3N6O6. The molecule has 6 heterocycles. The fourth-order valence-electron chi connectivity index (χ4n) is 10.8. The van der Waals surface area contributed by atoms with E-state index in [1.807, 2.05) is 27.7 Å². The Kier molecular flexibility index (Phi) is 14.8. The third kappa shape index (κ3) is 9.87. The van der Waals surface area contributed by atoms with E-state index in [1.54, 1.807) is 20.8 Å². The maximum absolute atomic E-state index is 14.0. The molecule has 4 unspecified atom stereocenters. The molecule has 1 aliphatic carbocycles. The Labute approximate surface area is 402 Å². The van der Waals surface area contributed by atoms with E-state index in [0.717, 1.165) is 65.5 Å². The molecule has 1 saturated carbocycles. The molecule has 0 aromatic heterocycles. The molecule has 366 valence electrons. The monoisotopic (exact) mass is 948 g/mol. The molecule has 7 aliphatic rings. The van der Waals surface area contributed by atoms with E-state index < -0.39 is 29.8 Å². The lowest BCUT2D eigenvalue weighted by Gasteiger charge is -2.31. The van der Waals surface area contributed by atoms with Gasteiger partial charge in [-0.2, -0.15) is 0 Å². The fourth-order valence-corrected chi connectivity index (χ4v) is 10.8. The van der Waals surface area contributed by atoms with Gasteiger partial charge in [0.1, 0.15) is 35.6 Å². The second kappa shape index (κ2) is 20.2. The van der Waals surface area contributed by atoms with Gasteiger partial charge in [0.2, 0.25) is 17.7 Å². The number of halogens is 3. The van der Waals surface area contributed by atoms with E-state index in [4.69, 9.17) is 0 Å². The zero-order chi connectivity index (χ0) is 48.9. The highest BCUT2D eigenvalue weighted by Crippen LogP contribution is 2.41. The average Bonchev–Trinajstić information content (AvgIpc) is 4.13. The summed E-state index contributed by atoms with van der Waals surface area (Å²) in [5.41, 5.74) is 8.51. The maximum atomic E-state index is 14.0. The van der Waals surface area contributed by atoms with Crippen LogP contribution in [0.3, 0.4) is 0 Å². The van der Waals surface area contributed by atoms with E-state index in [9.17, 15) is 41.9 Å². The molecule has 0 bridgehead atoms. The molecule has 15 heteroatoms. The first-order valence-electron chi connectivity index (χ1n) is 23.7. The molecule has 0 radical (unpaired) electrons. The predicted molar refractivity (Wildman–Crippen MR) is 256 cm³/mol. The Bertz CT molecular complexity index is 2670. The summed E-state index contributed by atoms with van der Waals surface area (Å²) in [5, 5.41) is 8.08. The van der Waals surface area contributed by atoms with Crippen LogP contribution in [0.4, 0.5) is 13.2 Å². The predicted octanol–water partition coefficient (Wildman–Crippen LogP) is 9.26. The smallest absolute Gasteiger partial charge is 0.255 e. The van der Waals surface area contributed by atoms with Crippen LogP contribution in [0.5, 0.6) is 0 Å². The van der Waals surface area contributed by atoms with Crippen molar-refractivity contribution in [2.75, 3.05) is 0 Å². The zero-order valence-corrected chi connectivity index (χ0v) is 39.2. The first-order chi connectivity index (χ1) is 32.3. The van der Waals surface area contributed by atoms with E-state index in [2.05, 4.69) is 35.7 Å². The molecule has 4 atom stereocenters. The van der Waals surface area contributed by atoms with Gasteiger partial charge in [-0.15, -0.1) is 0 Å². The number of hydrogen-bond donors (Lipinski definition) is 3. The highest BCUT2D eigenvalue weighted by Gasteiger charge is 2.43. The minimum absolute atomic E-state index is 0. The molecule has 69 heavy (non-hydrogen) atoms. The summed E-state index contributed by atoms with van der Waals surface area (Å²) in [4.78, 5) is 79.1. The molecule has 12 nitrogen and oxygen atoms in total. The number of rotatable bonds is 7. The van der Waals surface area contributed by atoms with Gasteiger partial charge in [0.05, 0.1) is 0 Å². The summed E-state index contributed by atoms with van der Waals surface area (Å²) in [5.74, 6) is -1.88. The van der Waals surface area contributed by atoms with Gasteiger partial charge in [0.25, 0.3) is 17.7 Å². The zero-order valence-electron chi connectivity index (χ0n) is 39.2. The quantitative estimate of drug-likeness (QED) is 0.215. The van der Waals surface area contributed by atoms with Gasteiger partial charge >= 0.3 is 0 Å². The largest absolute Gasteiger partial charge is 0.329 e. The summed E-state index contributed by atoms with van der Waals surface area (Å²) in [7, 11) is 0. The van der Waals surface area contributed by atoms with Gasteiger partial charge < -0.3 is 30.7 Å². The lowest BCUT2D eigenvalue weighted by atomic mass is 9.91. The van der Waals surface area contributed by atoms with Crippen molar-refractivity contribution in [2.45, 2.75) is 155 Å². The van der Waals surface area contributed by atoms with E-state index >= 15 is 0 Å². The Morgan fingerprint density at radius 1 is 0.565 bits per heavy atom. The van der Waals surface area contributed by atoms with Gasteiger partial charge in [0, 0.05) is 59.8 Å². The lowest BCUT2D eigenvalue weighted by Crippen LogP contribution is -2.49. The van der Waals surface area contributed by atoms with Crippen LogP contribution < -0.4 is 16.0 Å². The Hall–Kier alpha value is -6.51. The van der Waals surface area contributed by atoms with Crippen molar-refractivity contribution < 1.29 is 41.9 Å². The van der Waals surface area contributed by atoms with Gasteiger partial charge in [-0.1, -0.05) is 67.7 Å². The van der Waals surface area contributed by atoms with Crippen LogP contribution in [0.2, 0.25) is 0 Å². The summed E-state index contributed by atoms with van der Waals surface area (Å²) < 4.78 is 41.7. The number of allylic oxidation sites excluding steroid dienone is 2. The molecule has 3 N–H and O–H groups in total. The van der Waals surface area contributed by atoms with Crippen molar-refractivity contribution in [1.82, 2.24) is 30.7 Å². The second-order valence-electron chi connectivity index (χ2n) is 19.4. The first-order valence-corrected chi connectivity index (χ1v) is 23.7. The van der Waals surface area contributed by atoms with Crippen molar-refractivity contribution in [1.29, 1.82) is 0 Å². The van der Waals surface area contributed by atoms with Crippen molar-refractivity contribution in [3.05, 3.63) is 141 Å². The number of carbonyl (C=O) groups excluding carboxylic acids is 6. The first kappa shape index (κ1) is 50.4. The van der Waals surface area contributed by atoms with Gasteiger partial charge in [-0.3, -0.25) is 28.8 Å². The molecule has 6 amide bonds. The maximum Gasteiger partial charge on any atom is 0.255 e. The molecule has 6 aliphatic heterocycles. The average molecular weight is 949 g/mol. The number of benzene rings is 3. The highest BCUT2D eigenvalue weighted by molar-refractivity contribution is 6.04. The van der Waals surface area contributed by atoms with Gasteiger partial charge in [0.15, 0.2) is 0 Å². The normalized spacial score (nSPS) is 22.3. The SMILES string of the molecule is C.C=C1CC(N2Cc3c(cc(F)cc3C3CCCC3)C2=O)C(=O)N1.C=C1CCC(N2Cc3c(cc(F)cc3C(C)C)C2=O)C(=O)N1.C=C1CCC(N2Cc3c(cc(F)cc3C(C)CC)C2=O)C(=O)N1. The summed E-state index contributed by atoms with van der Waals surface area (Å²) in [6.45, 7) is 20.4. The second-order valence-corrected chi connectivity index (χ2v) is 19.4. The number of amides is 6. The van der Waals surface area contributed by atoms with Crippen LogP contribution in [-0.2, 0) is 34.0 Å². The van der Waals surface area contributed by atoms with Crippen LogP contribution >= 0.6 is 0 Å². The number of hydrogen-bond acceptors (Lipinski definition) is 6. The van der Waals surface area contributed by atoms with E-state index in [-0.39, 0.29) is 60.5 Å². The Balaban J connectivity index is 0.000000152. The fraction of sp³-hybridized carbons (Fsp3) is 0.444. The van der Waals surface area contributed by atoms with Gasteiger partial charge in [-0.05, 0) is 132 Å². The van der Waals surface area contributed by atoms with E-state index in [1.165, 1.54) is 30.3 Å². The number of fused-ring (bicyclic) bond motifs is 3. The summed E-state index contributed by atoms with van der Waals surface area (Å²) in [6.07, 6.45) is 8.13. The molecular weight excluding hydrogens is 886 g/mol. The van der Waals surface area contributed by atoms with Crippen molar-refractivity contribution in [3.8, 4) is 0 Å². The molecule has 3 aromatic rings. The molecule has 4 fully saturated rings. The number of nitrogens with one attached hydrogen (secondary N) is 3. The Morgan fingerprint density at radius 2 is 0.971 bits per heavy atom. The van der Waals surface area contributed by atoms with Crippen LogP contribution in [-0.4, -0.2) is 68.3 Å². The van der Waals surface area contributed by atoms with Crippen LogP contribution in [0.25, 0.3) is 0 Å². The van der Waals surface area contributed by atoms with Crippen LogP contribution in [0.1, 0.15) is 182 Å². The number of carbonyl (C=O) groups is 6. The van der Waals surface area contributed by atoms with E-state index in [0.29, 0.717) is 91.4 Å². The topological polar surface area (TPSA) is 148 Å². The standard InChI is InChI=1S/C18H19FN2O2.C18H21FN2O2.C17H19FN2O2.CH4/c1-10-6-16(17(22)20-10)21-9-15-13(11-4-2-3-5-11)7-12(19)8-14(15)18(21)23;1-4-10(2)13-7-12(19)8-14-15(13)9-21(18(14)23)16-6-5-11(3)20-17(16)22;1-9(2)12-6-11(18)7-13-14(12)8-20(17(13)22)15-5-4-10(3)19-16(15)21;/h7-8,11,16H,1-6,9H2,(H,20,22);7-8,10,16H,3-6,9H2,1-2H3,(H,20,22);6-7,9,15H,3-5,8H2,1-2H3,(H,19,21);1H4. The molecule has 3 saturated heterocycles. The lowest BCUT2D eigenvalue weighted by molar-refractivity contribution is -0.127. The van der Waals surface area contributed by atoms with Gasteiger partial charge in [-0.25, -0.2) is 13.2 Å². The molecule has 10 rings (SSSR count).